The average molecular weight is 346 g/mol. The number of rotatable bonds is 5. The monoisotopic (exact) mass is 346 g/mol. The number of hydrogen-bond acceptors (Lipinski definition) is 4. The summed E-state index contributed by atoms with van der Waals surface area (Å²) in [5.41, 5.74) is 6.23. The Morgan fingerprint density at radius 3 is 2.43 bits per heavy atom. The standard InChI is InChI=1S/C15H20F2N2O3S/c1-10-6-12(8-18)9-19(10)14(20)7-11-2-4-13(5-3-11)23(21,22)15(16)17/h2-5,10,12,15H,6-9,18H2,1H3. The minimum Gasteiger partial charge on any atom is -0.339 e. The van der Waals surface area contributed by atoms with Crippen LogP contribution in [0.3, 0.4) is 0 Å². The Kier molecular flexibility index (Phi) is 5.36. The highest BCUT2D eigenvalue weighted by molar-refractivity contribution is 7.91. The maximum atomic E-state index is 12.5. The Balaban J connectivity index is 2.05. The minimum atomic E-state index is -4.60. The van der Waals surface area contributed by atoms with Gasteiger partial charge in [0, 0.05) is 12.6 Å². The number of benzene rings is 1. The van der Waals surface area contributed by atoms with Crippen LogP contribution in [0.4, 0.5) is 8.78 Å². The largest absolute Gasteiger partial charge is 0.341 e. The Labute approximate surface area is 134 Å². The molecule has 2 rings (SSSR count). The summed E-state index contributed by atoms with van der Waals surface area (Å²) >= 11 is 0. The van der Waals surface area contributed by atoms with Crippen LogP contribution >= 0.6 is 0 Å². The van der Waals surface area contributed by atoms with Crippen molar-refractivity contribution in [1.29, 1.82) is 0 Å². The number of amides is 1. The summed E-state index contributed by atoms with van der Waals surface area (Å²) in [5.74, 6) is -3.22. The Morgan fingerprint density at radius 2 is 1.96 bits per heavy atom. The van der Waals surface area contributed by atoms with E-state index in [1.54, 1.807) is 4.90 Å². The summed E-state index contributed by atoms with van der Waals surface area (Å²) in [6.45, 7) is 3.12. The maximum absolute atomic E-state index is 12.5. The van der Waals surface area contributed by atoms with Crippen molar-refractivity contribution < 1.29 is 22.0 Å². The molecule has 128 valence electrons. The van der Waals surface area contributed by atoms with Crippen molar-refractivity contribution in [2.45, 2.75) is 36.5 Å². The van der Waals surface area contributed by atoms with Gasteiger partial charge in [0.05, 0.1) is 11.3 Å². The van der Waals surface area contributed by atoms with Crippen LogP contribution in [0.2, 0.25) is 0 Å². The van der Waals surface area contributed by atoms with Gasteiger partial charge >= 0.3 is 5.76 Å². The van der Waals surface area contributed by atoms with E-state index in [2.05, 4.69) is 0 Å². The molecule has 1 fully saturated rings. The van der Waals surface area contributed by atoms with Crippen LogP contribution in [0.5, 0.6) is 0 Å². The van der Waals surface area contributed by atoms with Crippen molar-refractivity contribution in [1.82, 2.24) is 4.90 Å². The lowest BCUT2D eigenvalue weighted by atomic mass is 10.1. The minimum absolute atomic E-state index is 0.0714. The van der Waals surface area contributed by atoms with Crippen molar-refractivity contribution in [2.75, 3.05) is 13.1 Å². The summed E-state index contributed by atoms with van der Waals surface area (Å²) in [7, 11) is -4.60. The Hall–Kier alpha value is -1.54. The molecule has 23 heavy (non-hydrogen) atoms. The predicted molar refractivity (Wildman–Crippen MR) is 81.7 cm³/mol. The number of halogens is 2. The predicted octanol–water partition coefficient (Wildman–Crippen LogP) is 1.42. The third-order valence-corrected chi connectivity index (χ3v) is 5.56. The van der Waals surface area contributed by atoms with Gasteiger partial charge in [-0.2, -0.15) is 8.78 Å². The van der Waals surface area contributed by atoms with Crippen molar-refractivity contribution >= 4 is 15.7 Å². The fraction of sp³-hybridized carbons (Fsp3) is 0.533. The van der Waals surface area contributed by atoms with Gasteiger partial charge < -0.3 is 10.6 Å². The SMILES string of the molecule is CC1CC(CN)CN1C(=O)Cc1ccc(S(=O)(=O)C(F)F)cc1. The second-order valence-electron chi connectivity index (χ2n) is 5.86. The van der Waals surface area contributed by atoms with Crippen LogP contribution in [0.1, 0.15) is 18.9 Å². The molecule has 0 bridgehead atoms. The smallest absolute Gasteiger partial charge is 0.339 e. The van der Waals surface area contributed by atoms with E-state index in [1.165, 1.54) is 12.1 Å². The number of nitrogens with two attached hydrogens (primary N) is 1. The second kappa shape index (κ2) is 6.92. The molecule has 8 heteroatoms. The van der Waals surface area contributed by atoms with Crippen molar-refractivity contribution in [2.24, 2.45) is 11.7 Å². The number of likely N-dealkylation sites (tertiary alicyclic amines) is 1. The quantitative estimate of drug-likeness (QED) is 0.874. The second-order valence-corrected chi connectivity index (χ2v) is 7.78. The van der Waals surface area contributed by atoms with E-state index >= 15 is 0 Å². The number of hydrogen-bond donors (Lipinski definition) is 1. The summed E-state index contributed by atoms with van der Waals surface area (Å²) in [6.07, 6.45) is 0.977. The fourth-order valence-electron chi connectivity index (χ4n) is 2.84. The highest BCUT2D eigenvalue weighted by Crippen LogP contribution is 2.23. The van der Waals surface area contributed by atoms with Gasteiger partial charge in [0.15, 0.2) is 0 Å². The van der Waals surface area contributed by atoms with E-state index in [0.717, 1.165) is 18.6 Å². The van der Waals surface area contributed by atoms with Gasteiger partial charge in [0.1, 0.15) is 0 Å². The van der Waals surface area contributed by atoms with Crippen LogP contribution in [0.15, 0.2) is 29.2 Å². The zero-order valence-corrected chi connectivity index (χ0v) is 13.6. The number of sulfone groups is 1. The van der Waals surface area contributed by atoms with Gasteiger partial charge in [-0.15, -0.1) is 0 Å². The molecule has 2 atom stereocenters. The van der Waals surface area contributed by atoms with Crippen LogP contribution in [0.25, 0.3) is 0 Å². The molecule has 1 aliphatic rings. The lowest BCUT2D eigenvalue weighted by Gasteiger charge is -2.21. The van der Waals surface area contributed by atoms with Crippen LogP contribution in [-0.2, 0) is 21.1 Å². The Morgan fingerprint density at radius 1 is 1.35 bits per heavy atom. The molecule has 2 N–H and O–H groups in total. The molecule has 1 aromatic carbocycles. The van der Waals surface area contributed by atoms with Gasteiger partial charge in [-0.25, -0.2) is 8.42 Å². The van der Waals surface area contributed by atoms with Crippen LogP contribution in [0, 0.1) is 5.92 Å². The molecule has 1 amide bonds. The van der Waals surface area contributed by atoms with Crippen LogP contribution < -0.4 is 5.73 Å². The molecular formula is C15H20F2N2O3S. The molecule has 1 aliphatic heterocycles. The third-order valence-electron chi connectivity index (χ3n) is 4.16. The maximum Gasteiger partial charge on any atom is 0.341 e. The topological polar surface area (TPSA) is 80.5 Å². The summed E-state index contributed by atoms with van der Waals surface area (Å²) < 4.78 is 47.6. The van der Waals surface area contributed by atoms with Crippen molar-refractivity contribution in [3.63, 3.8) is 0 Å². The third kappa shape index (κ3) is 3.87. The molecule has 0 radical (unpaired) electrons. The number of alkyl halides is 2. The van der Waals surface area contributed by atoms with Gasteiger partial charge in [0.2, 0.25) is 15.7 Å². The molecule has 1 heterocycles. The van der Waals surface area contributed by atoms with Gasteiger partial charge in [-0.1, -0.05) is 12.1 Å². The highest BCUT2D eigenvalue weighted by Gasteiger charge is 2.31. The number of carbonyl (C=O) groups excluding carboxylic acids is 1. The molecule has 2 unspecified atom stereocenters. The lowest BCUT2D eigenvalue weighted by molar-refractivity contribution is -0.131. The fourth-order valence-corrected chi connectivity index (χ4v) is 3.56. The first-order valence-electron chi connectivity index (χ1n) is 7.36. The highest BCUT2D eigenvalue weighted by atomic mass is 32.2. The van der Waals surface area contributed by atoms with E-state index in [-0.39, 0.29) is 18.4 Å². The molecule has 0 aliphatic carbocycles. The van der Waals surface area contributed by atoms with E-state index < -0.39 is 20.5 Å². The zero-order chi connectivity index (χ0) is 17.2. The molecule has 1 saturated heterocycles. The summed E-state index contributed by atoms with van der Waals surface area (Å²) in [5, 5.41) is 0. The first kappa shape index (κ1) is 17.8. The van der Waals surface area contributed by atoms with E-state index in [4.69, 9.17) is 5.73 Å². The van der Waals surface area contributed by atoms with Crippen molar-refractivity contribution in [3.05, 3.63) is 29.8 Å². The average Bonchev–Trinajstić information content (AvgIpc) is 2.89. The normalized spacial score (nSPS) is 21.9. The van der Waals surface area contributed by atoms with Crippen LogP contribution in [-0.4, -0.2) is 44.1 Å². The molecule has 1 aromatic rings. The molecular weight excluding hydrogens is 326 g/mol. The van der Waals surface area contributed by atoms with Crippen molar-refractivity contribution in [3.8, 4) is 0 Å². The summed E-state index contributed by atoms with van der Waals surface area (Å²) in [6, 6.07) is 5.14. The first-order chi connectivity index (χ1) is 10.8. The lowest BCUT2D eigenvalue weighted by Crippen LogP contribution is -2.35. The number of nitrogens with zero attached hydrogens (tertiary/aromatic N) is 1. The molecule has 5 nitrogen and oxygen atoms in total. The zero-order valence-electron chi connectivity index (χ0n) is 12.8. The van der Waals surface area contributed by atoms with Gasteiger partial charge in [-0.3, -0.25) is 4.79 Å². The van der Waals surface area contributed by atoms with Gasteiger partial charge in [0.25, 0.3) is 0 Å². The molecule has 0 spiro atoms. The van der Waals surface area contributed by atoms with E-state index in [0.29, 0.717) is 24.6 Å². The molecule has 0 aromatic heterocycles. The summed E-state index contributed by atoms with van der Waals surface area (Å²) in [4.78, 5) is 13.6. The van der Waals surface area contributed by atoms with E-state index in [1.807, 2.05) is 6.92 Å². The van der Waals surface area contributed by atoms with Gasteiger partial charge in [-0.05, 0) is 43.5 Å². The van der Waals surface area contributed by atoms with E-state index in [9.17, 15) is 22.0 Å². The first-order valence-corrected chi connectivity index (χ1v) is 8.91. The Bertz CT molecular complexity index is 662. The number of carbonyl (C=O) groups is 1. The molecule has 0 saturated carbocycles.